The number of aryl methyl sites for hydroxylation is 1. The third-order valence-corrected chi connectivity index (χ3v) is 3.97. The Balaban J connectivity index is 1.76. The Labute approximate surface area is 124 Å². The zero-order valence-corrected chi connectivity index (χ0v) is 12.1. The third-order valence-electron chi connectivity index (χ3n) is 3.97. The van der Waals surface area contributed by atoms with Gasteiger partial charge in [0.25, 0.3) is 0 Å². The van der Waals surface area contributed by atoms with Crippen LogP contribution in [0, 0.1) is 0 Å². The minimum Gasteiger partial charge on any atom is -0.454 e. The van der Waals surface area contributed by atoms with Gasteiger partial charge < -0.3 is 10.1 Å². The summed E-state index contributed by atoms with van der Waals surface area (Å²) in [5, 5.41) is 3.04. The molecule has 1 aliphatic carbocycles. The van der Waals surface area contributed by atoms with E-state index in [-0.39, 0.29) is 12.1 Å². The van der Waals surface area contributed by atoms with E-state index >= 15 is 0 Å². The summed E-state index contributed by atoms with van der Waals surface area (Å²) in [7, 11) is 1.85. The number of esters is 1. The topological polar surface area (TPSA) is 38.3 Å². The number of benzene rings is 2. The molecule has 1 unspecified atom stereocenters. The highest BCUT2D eigenvalue weighted by Gasteiger charge is 2.23. The molecule has 1 atom stereocenters. The van der Waals surface area contributed by atoms with Crippen LogP contribution in [0.25, 0.3) is 0 Å². The molecule has 0 fully saturated rings. The normalized spacial score (nSPS) is 16.9. The lowest BCUT2D eigenvalue weighted by Crippen LogP contribution is -2.16. The quantitative estimate of drug-likeness (QED) is 0.865. The summed E-state index contributed by atoms with van der Waals surface area (Å²) in [6.07, 6.45) is 2.91. The largest absolute Gasteiger partial charge is 0.454 e. The molecule has 0 saturated carbocycles. The summed E-state index contributed by atoms with van der Waals surface area (Å²) in [5.41, 5.74) is 4.03. The minimum absolute atomic E-state index is 0.119. The number of carbonyl (C=O) groups is 1. The maximum Gasteiger partial charge on any atom is 0.338 e. The number of hydrogen-bond donors (Lipinski definition) is 1. The van der Waals surface area contributed by atoms with Crippen LogP contribution in [0.2, 0.25) is 0 Å². The van der Waals surface area contributed by atoms with Gasteiger partial charge in [0.2, 0.25) is 0 Å². The van der Waals surface area contributed by atoms with Gasteiger partial charge in [0, 0.05) is 12.7 Å². The molecular formula is C18H19NO2. The Kier molecular flexibility index (Phi) is 3.91. The molecule has 0 bridgehead atoms. The van der Waals surface area contributed by atoms with E-state index in [4.69, 9.17) is 4.74 Å². The fourth-order valence-electron chi connectivity index (χ4n) is 2.80. The summed E-state index contributed by atoms with van der Waals surface area (Å²) in [6, 6.07) is 15.6. The van der Waals surface area contributed by atoms with Crippen LogP contribution >= 0.6 is 0 Å². The average Bonchev–Trinajstić information content (AvgIpc) is 2.55. The van der Waals surface area contributed by atoms with Gasteiger partial charge in [0.1, 0.15) is 6.10 Å². The summed E-state index contributed by atoms with van der Waals surface area (Å²) < 4.78 is 5.72. The Hall–Kier alpha value is -2.29. The maximum absolute atomic E-state index is 12.3. The molecule has 0 aromatic heterocycles. The fraction of sp³-hybridized carbons (Fsp3) is 0.278. The number of nitrogens with one attached hydrogen (secondary N) is 1. The summed E-state index contributed by atoms with van der Waals surface area (Å²) in [6.45, 7) is 0. The number of fused-ring (bicyclic) bond motifs is 1. The standard InChI is InChI=1S/C18H19NO2/c1-19-15-11-9-14(10-12-15)18(20)21-17-8-4-6-13-5-2-3-7-16(13)17/h2-3,5,7,9-12,17,19H,4,6,8H2,1H3. The highest BCUT2D eigenvalue weighted by molar-refractivity contribution is 5.90. The molecule has 2 aromatic rings. The van der Waals surface area contributed by atoms with E-state index in [1.54, 1.807) is 12.1 Å². The number of carbonyl (C=O) groups excluding carboxylic acids is 1. The van der Waals surface area contributed by atoms with E-state index in [1.807, 2.05) is 31.3 Å². The number of hydrogen-bond acceptors (Lipinski definition) is 3. The number of anilines is 1. The highest BCUT2D eigenvalue weighted by Crippen LogP contribution is 2.32. The smallest absolute Gasteiger partial charge is 0.338 e. The first-order chi connectivity index (χ1) is 10.3. The van der Waals surface area contributed by atoms with Gasteiger partial charge in [-0.15, -0.1) is 0 Å². The molecule has 3 heteroatoms. The Morgan fingerprint density at radius 1 is 1.14 bits per heavy atom. The van der Waals surface area contributed by atoms with Crippen molar-refractivity contribution in [2.45, 2.75) is 25.4 Å². The summed E-state index contributed by atoms with van der Waals surface area (Å²) >= 11 is 0. The average molecular weight is 281 g/mol. The molecule has 1 N–H and O–H groups in total. The predicted octanol–water partition coefficient (Wildman–Crippen LogP) is 3.96. The van der Waals surface area contributed by atoms with E-state index in [9.17, 15) is 4.79 Å². The van der Waals surface area contributed by atoms with Crippen molar-refractivity contribution in [3.05, 3.63) is 65.2 Å². The molecule has 1 aliphatic rings. The van der Waals surface area contributed by atoms with Gasteiger partial charge in [-0.25, -0.2) is 4.79 Å². The van der Waals surface area contributed by atoms with Gasteiger partial charge in [-0.2, -0.15) is 0 Å². The van der Waals surface area contributed by atoms with Crippen LogP contribution in [-0.2, 0) is 11.2 Å². The van der Waals surface area contributed by atoms with Gasteiger partial charge in [-0.1, -0.05) is 24.3 Å². The van der Waals surface area contributed by atoms with Crippen LogP contribution in [-0.4, -0.2) is 13.0 Å². The van der Waals surface area contributed by atoms with Gasteiger partial charge in [0.15, 0.2) is 0 Å². The fourth-order valence-corrected chi connectivity index (χ4v) is 2.80. The van der Waals surface area contributed by atoms with Crippen molar-refractivity contribution >= 4 is 11.7 Å². The zero-order valence-electron chi connectivity index (χ0n) is 12.1. The first-order valence-electron chi connectivity index (χ1n) is 7.34. The second-order valence-corrected chi connectivity index (χ2v) is 5.31. The molecule has 0 radical (unpaired) electrons. The lowest BCUT2D eigenvalue weighted by molar-refractivity contribution is 0.0256. The molecule has 3 rings (SSSR count). The molecule has 2 aromatic carbocycles. The Morgan fingerprint density at radius 3 is 2.67 bits per heavy atom. The van der Waals surface area contributed by atoms with E-state index in [0.717, 1.165) is 30.5 Å². The second kappa shape index (κ2) is 6.00. The van der Waals surface area contributed by atoms with Crippen molar-refractivity contribution in [1.82, 2.24) is 0 Å². The summed E-state index contributed by atoms with van der Waals surface area (Å²) in [5.74, 6) is -0.251. The molecule has 0 saturated heterocycles. The number of rotatable bonds is 3. The molecule has 0 aliphatic heterocycles. The minimum atomic E-state index is -0.251. The van der Waals surface area contributed by atoms with Crippen LogP contribution in [0.15, 0.2) is 48.5 Å². The lowest BCUT2D eigenvalue weighted by atomic mass is 9.89. The van der Waals surface area contributed by atoms with Crippen LogP contribution in [0.3, 0.4) is 0 Å². The third kappa shape index (κ3) is 2.92. The van der Waals surface area contributed by atoms with Crippen LogP contribution in [0.1, 0.15) is 40.4 Å². The molecule has 21 heavy (non-hydrogen) atoms. The van der Waals surface area contributed by atoms with Crippen molar-refractivity contribution in [2.75, 3.05) is 12.4 Å². The Bertz CT molecular complexity index is 634. The predicted molar refractivity (Wildman–Crippen MR) is 83.5 cm³/mol. The lowest BCUT2D eigenvalue weighted by Gasteiger charge is -2.25. The molecule has 108 valence electrons. The van der Waals surface area contributed by atoms with Crippen LogP contribution in [0.5, 0.6) is 0 Å². The maximum atomic E-state index is 12.3. The first kappa shape index (κ1) is 13.7. The zero-order chi connectivity index (χ0) is 14.7. The van der Waals surface area contributed by atoms with Crippen molar-refractivity contribution < 1.29 is 9.53 Å². The van der Waals surface area contributed by atoms with Crippen molar-refractivity contribution in [3.8, 4) is 0 Å². The van der Waals surface area contributed by atoms with Crippen LogP contribution < -0.4 is 5.32 Å². The first-order valence-corrected chi connectivity index (χ1v) is 7.34. The van der Waals surface area contributed by atoms with E-state index < -0.39 is 0 Å². The highest BCUT2D eigenvalue weighted by atomic mass is 16.5. The molecule has 0 spiro atoms. The van der Waals surface area contributed by atoms with Gasteiger partial charge in [-0.05, 0) is 54.7 Å². The van der Waals surface area contributed by atoms with Crippen molar-refractivity contribution in [3.63, 3.8) is 0 Å². The SMILES string of the molecule is CNc1ccc(C(=O)OC2CCCc3ccccc32)cc1. The van der Waals surface area contributed by atoms with Crippen molar-refractivity contribution in [2.24, 2.45) is 0 Å². The monoisotopic (exact) mass is 281 g/mol. The van der Waals surface area contributed by atoms with Crippen LogP contribution in [0.4, 0.5) is 5.69 Å². The van der Waals surface area contributed by atoms with Gasteiger partial charge in [-0.3, -0.25) is 0 Å². The van der Waals surface area contributed by atoms with E-state index in [2.05, 4.69) is 17.4 Å². The molecule has 0 amide bonds. The molecular weight excluding hydrogens is 262 g/mol. The molecule has 0 heterocycles. The van der Waals surface area contributed by atoms with Crippen molar-refractivity contribution in [1.29, 1.82) is 0 Å². The number of ether oxygens (including phenoxy) is 1. The van der Waals surface area contributed by atoms with E-state index in [1.165, 1.54) is 5.56 Å². The van der Waals surface area contributed by atoms with Gasteiger partial charge in [0.05, 0.1) is 5.56 Å². The summed E-state index contributed by atoms with van der Waals surface area (Å²) in [4.78, 5) is 12.3. The Morgan fingerprint density at radius 2 is 1.90 bits per heavy atom. The van der Waals surface area contributed by atoms with E-state index in [0.29, 0.717) is 5.56 Å². The second-order valence-electron chi connectivity index (χ2n) is 5.31. The van der Waals surface area contributed by atoms with Gasteiger partial charge >= 0.3 is 5.97 Å². The molecule has 3 nitrogen and oxygen atoms in total.